The van der Waals surface area contributed by atoms with E-state index in [0.717, 1.165) is 22.4 Å². The van der Waals surface area contributed by atoms with Gasteiger partial charge < -0.3 is 14.3 Å². The molecule has 0 spiro atoms. The van der Waals surface area contributed by atoms with E-state index in [1.165, 1.54) is 0 Å². The summed E-state index contributed by atoms with van der Waals surface area (Å²) in [5.74, 6) is 7.22. The van der Waals surface area contributed by atoms with Gasteiger partial charge in [0.2, 0.25) is 0 Å². The van der Waals surface area contributed by atoms with Gasteiger partial charge in [0.15, 0.2) is 5.78 Å². The lowest BCUT2D eigenvalue weighted by Crippen LogP contribution is -2.19. The molecule has 0 aliphatic carbocycles. The number of ether oxygens (including phenoxy) is 2. The van der Waals surface area contributed by atoms with Crippen LogP contribution in [0.5, 0.6) is 17.2 Å². The van der Waals surface area contributed by atoms with Crippen LogP contribution in [0.25, 0.3) is 0 Å². The maximum absolute atomic E-state index is 12.9. The Kier molecular flexibility index (Phi) is 7.48. The largest absolute Gasteiger partial charge is 0.457 e. The SMILES string of the molecule is COC(C)(C)c1ccc(C(=O)c2ccc(Oc3ccc(C(C)(C)c4ccc(ON)cc4)cc3)cc2)cc1. The number of rotatable bonds is 9. The third kappa shape index (κ3) is 5.74. The molecule has 4 rings (SSSR count). The van der Waals surface area contributed by atoms with E-state index in [9.17, 15) is 4.79 Å². The Morgan fingerprint density at radius 1 is 0.595 bits per heavy atom. The molecule has 5 nitrogen and oxygen atoms in total. The van der Waals surface area contributed by atoms with Gasteiger partial charge in [0, 0.05) is 23.7 Å². The molecule has 4 aromatic carbocycles. The van der Waals surface area contributed by atoms with Gasteiger partial charge in [-0.15, -0.1) is 0 Å². The molecule has 5 heteroatoms. The van der Waals surface area contributed by atoms with Crippen molar-refractivity contribution in [3.05, 3.63) is 125 Å². The minimum Gasteiger partial charge on any atom is -0.457 e. The summed E-state index contributed by atoms with van der Waals surface area (Å²) in [6.07, 6.45) is 0. The van der Waals surface area contributed by atoms with Gasteiger partial charge >= 0.3 is 0 Å². The molecule has 0 aliphatic rings. The number of nitrogens with two attached hydrogens (primary N) is 1. The molecule has 37 heavy (non-hydrogen) atoms. The molecule has 0 bridgehead atoms. The van der Waals surface area contributed by atoms with E-state index in [1.54, 1.807) is 19.2 Å². The van der Waals surface area contributed by atoms with E-state index in [4.69, 9.17) is 20.2 Å². The molecule has 0 saturated heterocycles. The molecule has 0 fully saturated rings. The lowest BCUT2D eigenvalue weighted by atomic mass is 9.78. The van der Waals surface area contributed by atoms with E-state index in [2.05, 4.69) is 26.0 Å². The summed E-state index contributed by atoms with van der Waals surface area (Å²) in [5, 5.41) is 0. The monoisotopic (exact) mass is 495 g/mol. The van der Waals surface area contributed by atoms with Crippen molar-refractivity contribution in [1.82, 2.24) is 0 Å². The summed E-state index contributed by atoms with van der Waals surface area (Å²) in [4.78, 5) is 17.7. The van der Waals surface area contributed by atoms with Gasteiger partial charge in [0.05, 0.1) is 5.60 Å². The molecule has 4 aromatic rings. The second kappa shape index (κ2) is 10.6. The topological polar surface area (TPSA) is 70.8 Å². The number of hydrogen-bond donors (Lipinski definition) is 1. The molecule has 190 valence electrons. The first kappa shape index (κ1) is 26.1. The summed E-state index contributed by atoms with van der Waals surface area (Å²) in [7, 11) is 1.68. The highest BCUT2D eigenvalue weighted by molar-refractivity contribution is 6.09. The smallest absolute Gasteiger partial charge is 0.193 e. The summed E-state index contributed by atoms with van der Waals surface area (Å²) < 4.78 is 11.5. The fraction of sp³-hybridized carbons (Fsp3) is 0.219. The second-order valence-electron chi connectivity index (χ2n) is 10.0. The van der Waals surface area contributed by atoms with E-state index in [0.29, 0.717) is 22.6 Å². The molecule has 0 saturated carbocycles. The molecule has 2 N–H and O–H groups in total. The van der Waals surface area contributed by atoms with Gasteiger partial charge in [-0.05, 0) is 79.1 Å². The van der Waals surface area contributed by atoms with Crippen molar-refractivity contribution in [3.8, 4) is 17.2 Å². The second-order valence-corrected chi connectivity index (χ2v) is 10.0. The van der Waals surface area contributed by atoms with Gasteiger partial charge in [-0.2, -0.15) is 5.90 Å². The van der Waals surface area contributed by atoms with Gasteiger partial charge in [-0.3, -0.25) is 4.79 Å². The van der Waals surface area contributed by atoms with Crippen molar-refractivity contribution in [3.63, 3.8) is 0 Å². The van der Waals surface area contributed by atoms with Gasteiger partial charge in [-0.25, -0.2) is 0 Å². The van der Waals surface area contributed by atoms with Crippen LogP contribution in [0.15, 0.2) is 97.1 Å². The predicted molar refractivity (Wildman–Crippen MR) is 146 cm³/mol. The normalized spacial score (nSPS) is 11.7. The fourth-order valence-corrected chi connectivity index (χ4v) is 4.17. The number of hydrogen-bond acceptors (Lipinski definition) is 5. The minimum atomic E-state index is -0.403. The Balaban J connectivity index is 1.43. The number of carbonyl (C=O) groups is 1. The summed E-state index contributed by atoms with van der Waals surface area (Å²) in [6, 6.07) is 30.5. The van der Waals surface area contributed by atoms with E-state index in [-0.39, 0.29) is 11.2 Å². The number of ketones is 1. The van der Waals surface area contributed by atoms with Crippen LogP contribution in [0.2, 0.25) is 0 Å². The highest BCUT2D eigenvalue weighted by Crippen LogP contribution is 2.34. The Morgan fingerprint density at radius 3 is 1.41 bits per heavy atom. The third-order valence-electron chi connectivity index (χ3n) is 6.99. The molecule has 0 heterocycles. The highest BCUT2D eigenvalue weighted by Gasteiger charge is 2.23. The number of methoxy groups -OCH3 is 1. The van der Waals surface area contributed by atoms with Crippen LogP contribution in [0.3, 0.4) is 0 Å². The van der Waals surface area contributed by atoms with Crippen molar-refractivity contribution >= 4 is 5.78 Å². The average Bonchev–Trinajstić information content (AvgIpc) is 2.93. The zero-order valence-corrected chi connectivity index (χ0v) is 21.9. The standard InChI is InChI=1S/C32H33NO4/c1-31(2,25-14-20-29(37-33)21-15-25)24-12-18-28(19-13-24)36-27-16-8-23(9-17-27)30(34)22-6-10-26(11-7-22)32(3,4)35-5/h6-21H,33H2,1-5H3. The zero-order chi connectivity index (χ0) is 26.6. The zero-order valence-electron chi connectivity index (χ0n) is 21.9. The highest BCUT2D eigenvalue weighted by atomic mass is 16.6. The summed E-state index contributed by atoms with van der Waals surface area (Å²) in [6.45, 7) is 8.33. The molecule has 0 aromatic heterocycles. The molecule has 0 unspecified atom stereocenters. The molecule has 0 atom stereocenters. The van der Waals surface area contributed by atoms with Crippen LogP contribution in [0, 0.1) is 0 Å². The number of carbonyl (C=O) groups excluding carboxylic acids is 1. The molecule has 0 amide bonds. The van der Waals surface area contributed by atoms with Crippen LogP contribution in [-0.2, 0) is 15.8 Å². The van der Waals surface area contributed by atoms with Crippen molar-refractivity contribution in [2.75, 3.05) is 7.11 Å². The van der Waals surface area contributed by atoms with Crippen LogP contribution < -0.4 is 15.5 Å². The summed E-state index contributed by atoms with van der Waals surface area (Å²) >= 11 is 0. The Labute approximate surface area is 218 Å². The van der Waals surface area contributed by atoms with Crippen LogP contribution in [0.1, 0.15) is 60.3 Å². The third-order valence-corrected chi connectivity index (χ3v) is 6.99. The van der Waals surface area contributed by atoms with E-state index >= 15 is 0 Å². The Hall–Kier alpha value is -3.93. The quantitative estimate of drug-likeness (QED) is 0.197. The first-order valence-corrected chi connectivity index (χ1v) is 12.2. The molecular weight excluding hydrogens is 462 g/mol. The van der Waals surface area contributed by atoms with Crippen molar-refractivity contribution < 1.29 is 19.1 Å². The van der Waals surface area contributed by atoms with Crippen LogP contribution >= 0.6 is 0 Å². The molecule has 0 aliphatic heterocycles. The maximum atomic E-state index is 12.9. The Morgan fingerprint density at radius 2 is 0.973 bits per heavy atom. The van der Waals surface area contributed by atoms with Gasteiger partial charge in [-0.1, -0.05) is 62.4 Å². The first-order chi connectivity index (χ1) is 17.6. The van der Waals surface area contributed by atoms with Crippen LogP contribution in [0.4, 0.5) is 0 Å². The van der Waals surface area contributed by atoms with Crippen molar-refractivity contribution in [2.24, 2.45) is 5.90 Å². The van der Waals surface area contributed by atoms with E-state index in [1.807, 2.05) is 86.6 Å². The van der Waals surface area contributed by atoms with E-state index < -0.39 is 5.60 Å². The van der Waals surface area contributed by atoms with Crippen LogP contribution in [-0.4, -0.2) is 12.9 Å². The molecular formula is C32H33NO4. The summed E-state index contributed by atoms with van der Waals surface area (Å²) in [5.41, 5.74) is 3.96. The average molecular weight is 496 g/mol. The minimum absolute atomic E-state index is 0.0361. The first-order valence-electron chi connectivity index (χ1n) is 12.2. The van der Waals surface area contributed by atoms with Gasteiger partial charge in [0.25, 0.3) is 0 Å². The predicted octanol–water partition coefficient (Wildman–Crippen LogP) is 7.17. The molecule has 0 radical (unpaired) electrons. The fourth-order valence-electron chi connectivity index (χ4n) is 4.17. The van der Waals surface area contributed by atoms with Gasteiger partial charge in [0.1, 0.15) is 17.2 Å². The lowest BCUT2D eigenvalue weighted by molar-refractivity contribution is 0.0192. The van der Waals surface area contributed by atoms with Crippen molar-refractivity contribution in [2.45, 2.75) is 38.7 Å². The Bertz CT molecular complexity index is 1340. The number of benzene rings is 4. The van der Waals surface area contributed by atoms with Crippen molar-refractivity contribution in [1.29, 1.82) is 0 Å². The maximum Gasteiger partial charge on any atom is 0.193 e. The lowest BCUT2D eigenvalue weighted by Gasteiger charge is -2.26.